The Hall–Kier alpha value is -1.40. The largest absolute Gasteiger partial charge is 0.480 e. The van der Waals surface area contributed by atoms with Crippen LogP contribution in [0.5, 0.6) is 0 Å². The van der Waals surface area contributed by atoms with Gasteiger partial charge in [-0.3, -0.25) is 4.79 Å². The summed E-state index contributed by atoms with van der Waals surface area (Å²) in [5, 5.41) is 13.2. The molecule has 6 heteroatoms. The van der Waals surface area contributed by atoms with Crippen LogP contribution in [-0.4, -0.2) is 22.5 Å². The molecule has 0 bridgehead atoms. The number of carboxylic acids is 1. The fourth-order valence-electron chi connectivity index (χ4n) is 1.43. The van der Waals surface area contributed by atoms with Crippen LogP contribution < -0.4 is 11.1 Å². The Morgan fingerprint density at radius 1 is 1.56 bits per heavy atom. The normalized spacial score (nSPS) is 18.8. The molecule has 1 aliphatic rings. The van der Waals surface area contributed by atoms with Crippen LogP contribution in [0.1, 0.15) is 23.8 Å². The predicted molar refractivity (Wildman–Crippen MR) is 59.0 cm³/mol. The molecule has 0 aromatic carbocycles. The molecule has 16 heavy (non-hydrogen) atoms. The van der Waals surface area contributed by atoms with Crippen molar-refractivity contribution in [3.63, 3.8) is 0 Å². The molecule has 1 saturated carbocycles. The summed E-state index contributed by atoms with van der Waals surface area (Å²) in [6, 6.07) is 2.78. The summed E-state index contributed by atoms with van der Waals surface area (Å²) in [6.45, 7) is 0. The Kier molecular flexibility index (Phi) is 2.69. The van der Waals surface area contributed by atoms with Gasteiger partial charge in [0.2, 0.25) is 5.91 Å². The minimum Gasteiger partial charge on any atom is -0.480 e. The van der Waals surface area contributed by atoms with Crippen molar-refractivity contribution in [3.05, 3.63) is 22.4 Å². The summed E-state index contributed by atoms with van der Waals surface area (Å²) in [4.78, 5) is 23.3. The molecule has 1 heterocycles. The number of nitrogens with two attached hydrogens (primary N) is 1. The molecule has 1 atom stereocenters. The van der Waals surface area contributed by atoms with Crippen LogP contribution >= 0.6 is 11.3 Å². The van der Waals surface area contributed by atoms with E-state index in [4.69, 9.17) is 10.8 Å². The number of carboxylic acid groups (broad SMARTS) is 1. The molecule has 1 aliphatic carbocycles. The minimum atomic E-state index is -1.06. The lowest BCUT2D eigenvalue weighted by atomic mass is 10.2. The number of aliphatic carboxylic acids is 1. The molecular weight excluding hydrogens is 228 g/mol. The molecule has 4 N–H and O–H groups in total. The summed E-state index contributed by atoms with van der Waals surface area (Å²) in [5.41, 5.74) is 4.66. The van der Waals surface area contributed by atoms with E-state index >= 15 is 0 Å². The molecule has 0 saturated heterocycles. The van der Waals surface area contributed by atoms with Gasteiger partial charge in [-0.15, -0.1) is 11.3 Å². The maximum Gasteiger partial charge on any atom is 0.329 e. The molecule has 86 valence electrons. The SMILES string of the molecule is NC(C(=O)NC1(C(=O)O)CC1)c1cccs1. The van der Waals surface area contributed by atoms with Crippen molar-refractivity contribution in [1.29, 1.82) is 0 Å². The molecule has 1 unspecified atom stereocenters. The van der Waals surface area contributed by atoms with E-state index in [-0.39, 0.29) is 0 Å². The first kappa shape index (κ1) is 11.1. The maximum absolute atomic E-state index is 11.7. The first-order valence-electron chi connectivity index (χ1n) is 4.89. The number of rotatable bonds is 4. The average Bonchev–Trinajstić information content (AvgIpc) is 2.83. The third-order valence-corrected chi connectivity index (χ3v) is 3.61. The zero-order valence-electron chi connectivity index (χ0n) is 8.47. The number of hydrogen-bond acceptors (Lipinski definition) is 4. The third kappa shape index (κ3) is 1.94. The van der Waals surface area contributed by atoms with Gasteiger partial charge in [-0.05, 0) is 24.3 Å². The third-order valence-electron chi connectivity index (χ3n) is 2.65. The molecule has 1 aromatic heterocycles. The summed E-state index contributed by atoms with van der Waals surface area (Å²) in [7, 11) is 0. The monoisotopic (exact) mass is 240 g/mol. The predicted octanol–water partition coefficient (Wildman–Crippen LogP) is 0.481. The summed E-state index contributed by atoms with van der Waals surface area (Å²) < 4.78 is 0. The van der Waals surface area contributed by atoms with E-state index in [0.717, 1.165) is 4.88 Å². The van der Waals surface area contributed by atoms with Gasteiger partial charge in [0, 0.05) is 4.88 Å². The molecule has 1 aromatic rings. The Balaban J connectivity index is 2.01. The lowest BCUT2D eigenvalue weighted by molar-refractivity contribution is -0.143. The summed E-state index contributed by atoms with van der Waals surface area (Å²) in [6.07, 6.45) is 0.955. The van der Waals surface area contributed by atoms with Gasteiger partial charge < -0.3 is 16.2 Å². The summed E-state index contributed by atoms with van der Waals surface area (Å²) in [5.74, 6) is -1.42. The van der Waals surface area contributed by atoms with Crippen LogP contribution in [0.2, 0.25) is 0 Å². The number of nitrogens with one attached hydrogen (secondary N) is 1. The average molecular weight is 240 g/mol. The molecule has 0 spiro atoms. The van der Waals surface area contributed by atoms with Crippen molar-refractivity contribution in [1.82, 2.24) is 5.32 Å². The van der Waals surface area contributed by atoms with Gasteiger partial charge in [0.25, 0.3) is 0 Å². The molecule has 0 radical (unpaired) electrons. The van der Waals surface area contributed by atoms with Gasteiger partial charge in [0.1, 0.15) is 11.6 Å². The van der Waals surface area contributed by atoms with Crippen LogP contribution in [0.3, 0.4) is 0 Å². The van der Waals surface area contributed by atoms with Crippen LogP contribution in [0.4, 0.5) is 0 Å². The number of carbonyl (C=O) groups is 2. The van der Waals surface area contributed by atoms with Crippen LogP contribution in [0.25, 0.3) is 0 Å². The van der Waals surface area contributed by atoms with Gasteiger partial charge in [-0.2, -0.15) is 0 Å². The lowest BCUT2D eigenvalue weighted by Crippen LogP contribution is -2.46. The molecule has 2 rings (SSSR count). The highest BCUT2D eigenvalue weighted by Gasteiger charge is 2.52. The van der Waals surface area contributed by atoms with E-state index in [1.54, 1.807) is 12.1 Å². The van der Waals surface area contributed by atoms with Gasteiger partial charge in [-0.1, -0.05) is 6.07 Å². The highest BCUT2D eigenvalue weighted by atomic mass is 32.1. The fraction of sp³-hybridized carbons (Fsp3) is 0.400. The van der Waals surface area contributed by atoms with Crippen molar-refractivity contribution >= 4 is 23.2 Å². The molecule has 1 fully saturated rings. The van der Waals surface area contributed by atoms with Crippen molar-refractivity contribution in [2.75, 3.05) is 0 Å². The van der Waals surface area contributed by atoms with Crippen LogP contribution in [0, 0.1) is 0 Å². The Labute approximate surface area is 96.3 Å². The van der Waals surface area contributed by atoms with Crippen molar-refractivity contribution in [3.8, 4) is 0 Å². The Morgan fingerprint density at radius 2 is 2.25 bits per heavy atom. The van der Waals surface area contributed by atoms with Crippen molar-refractivity contribution < 1.29 is 14.7 Å². The summed E-state index contributed by atoms with van der Waals surface area (Å²) >= 11 is 1.38. The van der Waals surface area contributed by atoms with E-state index in [9.17, 15) is 9.59 Å². The van der Waals surface area contributed by atoms with Gasteiger partial charge >= 0.3 is 5.97 Å². The van der Waals surface area contributed by atoms with E-state index in [1.807, 2.05) is 5.38 Å². The van der Waals surface area contributed by atoms with E-state index < -0.39 is 23.5 Å². The van der Waals surface area contributed by atoms with Crippen LogP contribution in [0.15, 0.2) is 17.5 Å². The van der Waals surface area contributed by atoms with E-state index in [0.29, 0.717) is 12.8 Å². The number of hydrogen-bond donors (Lipinski definition) is 3. The topological polar surface area (TPSA) is 92.4 Å². The highest BCUT2D eigenvalue weighted by Crippen LogP contribution is 2.36. The zero-order chi connectivity index (χ0) is 11.8. The number of carbonyl (C=O) groups excluding carboxylic acids is 1. The van der Waals surface area contributed by atoms with E-state index in [1.165, 1.54) is 11.3 Å². The Bertz CT molecular complexity index is 412. The maximum atomic E-state index is 11.7. The molecule has 0 aliphatic heterocycles. The number of amides is 1. The second kappa shape index (κ2) is 3.88. The zero-order valence-corrected chi connectivity index (χ0v) is 9.29. The second-order valence-corrected chi connectivity index (χ2v) is 4.85. The second-order valence-electron chi connectivity index (χ2n) is 3.87. The molecule has 1 amide bonds. The first-order chi connectivity index (χ1) is 7.55. The molecule has 5 nitrogen and oxygen atoms in total. The first-order valence-corrected chi connectivity index (χ1v) is 5.77. The van der Waals surface area contributed by atoms with Crippen LogP contribution in [-0.2, 0) is 9.59 Å². The lowest BCUT2D eigenvalue weighted by Gasteiger charge is -2.15. The Morgan fingerprint density at radius 3 is 2.69 bits per heavy atom. The molecular formula is C10H12N2O3S. The quantitative estimate of drug-likeness (QED) is 0.713. The number of thiophene rings is 1. The van der Waals surface area contributed by atoms with Gasteiger partial charge in [0.15, 0.2) is 0 Å². The van der Waals surface area contributed by atoms with Crippen molar-refractivity contribution in [2.45, 2.75) is 24.4 Å². The van der Waals surface area contributed by atoms with E-state index in [2.05, 4.69) is 5.32 Å². The van der Waals surface area contributed by atoms with Crippen molar-refractivity contribution in [2.24, 2.45) is 5.73 Å². The highest BCUT2D eigenvalue weighted by molar-refractivity contribution is 7.10. The smallest absolute Gasteiger partial charge is 0.329 e. The standard InChI is InChI=1S/C10H12N2O3S/c11-7(6-2-1-5-16-6)8(13)12-10(3-4-10)9(14)15/h1-2,5,7H,3-4,11H2,(H,12,13)(H,14,15). The fourth-order valence-corrected chi connectivity index (χ4v) is 2.15. The van der Waals surface area contributed by atoms with Gasteiger partial charge in [0.05, 0.1) is 0 Å². The minimum absolute atomic E-state index is 0.428. The van der Waals surface area contributed by atoms with Gasteiger partial charge in [-0.25, -0.2) is 4.79 Å².